The van der Waals surface area contributed by atoms with Gasteiger partial charge in [0.25, 0.3) is 0 Å². The minimum Gasteiger partial charge on any atom is -0.370 e. The van der Waals surface area contributed by atoms with Crippen LogP contribution in [0.2, 0.25) is 0 Å². The quantitative estimate of drug-likeness (QED) is 0.649. The lowest BCUT2D eigenvalue weighted by atomic mass is 10.0. The second-order valence-corrected chi connectivity index (χ2v) is 7.55. The molecule has 1 aliphatic carbocycles. The first-order valence-electron chi connectivity index (χ1n) is 10.0. The Morgan fingerprint density at radius 3 is 2.81 bits per heavy atom. The highest BCUT2D eigenvalue weighted by atomic mass is 16.5. The van der Waals surface area contributed by atoms with Gasteiger partial charge < -0.3 is 19.9 Å². The summed E-state index contributed by atoms with van der Waals surface area (Å²) >= 11 is 0. The number of likely N-dealkylation sites (N-methyl/N-ethyl adjacent to an activating group) is 1. The Morgan fingerprint density at radius 1 is 1.31 bits per heavy atom. The maximum Gasteiger partial charge on any atom is 0.193 e. The second kappa shape index (κ2) is 9.38. The van der Waals surface area contributed by atoms with Crippen molar-refractivity contribution in [1.29, 1.82) is 0 Å². The van der Waals surface area contributed by atoms with Crippen molar-refractivity contribution in [1.82, 2.24) is 15.1 Å². The molecule has 1 atom stereocenters. The van der Waals surface area contributed by atoms with E-state index in [0.717, 1.165) is 44.8 Å². The largest absolute Gasteiger partial charge is 0.370 e. The maximum atomic E-state index is 6.05. The van der Waals surface area contributed by atoms with Crippen LogP contribution in [0.15, 0.2) is 29.3 Å². The van der Waals surface area contributed by atoms with Crippen molar-refractivity contribution < 1.29 is 4.74 Å². The Bertz CT molecular complexity index is 597. The van der Waals surface area contributed by atoms with E-state index in [1.807, 2.05) is 7.05 Å². The fourth-order valence-corrected chi connectivity index (χ4v) is 4.18. The van der Waals surface area contributed by atoms with Crippen molar-refractivity contribution in [3.8, 4) is 0 Å². The first-order valence-corrected chi connectivity index (χ1v) is 10.0. The highest BCUT2D eigenvalue weighted by Gasteiger charge is 2.25. The number of nitrogens with one attached hydrogen (secondary N) is 1. The zero-order chi connectivity index (χ0) is 18.4. The van der Waals surface area contributed by atoms with E-state index in [-0.39, 0.29) is 6.10 Å². The van der Waals surface area contributed by atoms with Crippen molar-refractivity contribution in [3.05, 3.63) is 35.4 Å². The molecule has 0 amide bonds. The van der Waals surface area contributed by atoms with Crippen molar-refractivity contribution in [2.45, 2.75) is 44.8 Å². The Morgan fingerprint density at radius 2 is 2.08 bits per heavy atom. The molecule has 1 saturated heterocycles. The summed E-state index contributed by atoms with van der Waals surface area (Å²) < 4.78 is 6.05. The summed E-state index contributed by atoms with van der Waals surface area (Å²) in [7, 11) is 4.13. The van der Waals surface area contributed by atoms with Gasteiger partial charge in [0.2, 0.25) is 0 Å². The lowest BCUT2D eigenvalue weighted by molar-refractivity contribution is -0.00834. The van der Waals surface area contributed by atoms with Gasteiger partial charge >= 0.3 is 0 Å². The molecule has 0 spiro atoms. The molecule has 1 aliphatic heterocycles. The Balaban J connectivity index is 1.52. The molecule has 1 N–H and O–H groups in total. The monoisotopic (exact) mass is 358 g/mol. The Hall–Kier alpha value is -1.59. The van der Waals surface area contributed by atoms with Gasteiger partial charge in [0.05, 0.1) is 13.2 Å². The third kappa shape index (κ3) is 4.77. The molecule has 2 aliphatic rings. The van der Waals surface area contributed by atoms with Gasteiger partial charge in [0.15, 0.2) is 5.96 Å². The van der Waals surface area contributed by atoms with Crippen molar-refractivity contribution in [2.75, 3.05) is 46.9 Å². The average molecular weight is 359 g/mol. The van der Waals surface area contributed by atoms with E-state index in [1.165, 1.54) is 36.8 Å². The van der Waals surface area contributed by atoms with Gasteiger partial charge in [0, 0.05) is 32.7 Å². The molecule has 1 aromatic carbocycles. The van der Waals surface area contributed by atoms with E-state index in [1.54, 1.807) is 0 Å². The lowest BCUT2D eigenvalue weighted by Gasteiger charge is -2.36. The molecule has 0 aromatic heterocycles. The Labute approximate surface area is 158 Å². The smallest absolute Gasteiger partial charge is 0.193 e. The standard InChI is InChI=1S/C21H34N4O/c1-17-8-4-7-11-19(17)20-16-25(14-15-26-20)21(22-2)23-12-13-24(3)18-9-5-6-10-18/h4,7-8,11,18,20H,5-6,9-10,12-16H2,1-3H3,(H,22,23). The third-order valence-electron chi connectivity index (χ3n) is 5.81. The number of hydrogen-bond donors (Lipinski definition) is 1. The molecule has 0 bridgehead atoms. The number of ether oxygens (including phenoxy) is 1. The van der Waals surface area contributed by atoms with E-state index in [4.69, 9.17) is 4.74 Å². The van der Waals surface area contributed by atoms with Gasteiger partial charge in [0.1, 0.15) is 6.10 Å². The molecular weight excluding hydrogens is 324 g/mol. The predicted molar refractivity (Wildman–Crippen MR) is 108 cm³/mol. The second-order valence-electron chi connectivity index (χ2n) is 7.55. The SMILES string of the molecule is CN=C(NCCN(C)C1CCCC1)N1CCOC(c2ccccc2C)C1. The summed E-state index contributed by atoms with van der Waals surface area (Å²) in [4.78, 5) is 9.35. The van der Waals surface area contributed by atoms with E-state index in [2.05, 4.69) is 58.3 Å². The predicted octanol–water partition coefficient (Wildman–Crippen LogP) is 2.82. The molecule has 1 heterocycles. The van der Waals surface area contributed by atoms with E-state index >= 15 is 0 Å². The van der Waals surface area contributed by atoms with Gasteiger partial charge in [-0.1, -0.05) is 37.1 Å². The normalized spacial score (nSPS) is 22.2. The number of rotatable bonds is 5. The fourth-order valence-electron chi connectivity index (χ4n) is 4.18. The number of morpholine rings is 1. The number of guanidine groups is 1. The molecule has 1 unspecified atom stereocenters. The molecule has 144 valence electrons. The van der Waals surface area contributed by atoms with Crippen LogP contribution in [0, 0.1) is 6.92 Å². The molecular formula is C21H34N4O. The van der Waals surface area contributed by atoms with Crippen LogP contribution in [0.5, 0.6) is 0 Å². The van der Waals surface area contributed by atoms with Gasteiger partial charge in [-0.2, -0.15) is 0 Å². The fraction of sp³-hybridized carbons (Fsp3) is 0.667. The van der Waals surface area contributed by atoms with E-state index < -0.39 is 0 Å². The van der Waals surface area contributed by atoms with Crippen LogP contribution in [0.1, 0.15) is 42.9 Å². The first-order chi connectivity index (χ1) is 12.7. The topological polar surface area (TPSA) is 40.1 Å². The molecule has 0 radical (unpaired) electrons. The maximum absolute atomic E-state index is 6.05. The Kier molecular flexibility index (Phi) is 6.92. The number of benzene rings is 1. The molecule has 2 fully saturated rings. The molecule has 1 saturated carbocycles. The number of aryl methyl sites for hydroxylation is 1. The first kappa shape index (κ1) is 19.2. The summed E-state index contributed by atoms with van der Waals surface area (Å²) in [6.45, 7) is 6.63. The lowest BCUT2D eigenvalue weighted by Crippen LogP contribution is -2.49. The summed E-state index contributed by atoms with van der Waals surface area (Å²) in [5.41, 5.74) is 2.58. The van der Waals surface area contributed by atoms with Gasteiger partial charge in [-0.05, 0) is 37.9 Å². The molecule has 3 rings (SSSR count). The van der Waals surface area contributed by atoms with Crippen molar-refractivity contribution in [3.63, 3.8) is 0 Å². The summed E-state index contributed by atoms with van der Waals surface area (Å²) in [5.74, 6) is 0.992. The number of hydrogen-bond acceptors (Lipinski definition) is 3. The highest BCUT2D eigenvalue weighted by molar-refractivity contribution is 5.80. The van der Waals surface area contributed by atoms with Gasteiger partial charge in [-0.3, -0.25) is 4.99 Å². The summed E-state index contributed by atoms with van der Waals surface area (Å²) in [6, 6.07) is 9.28. The zero-order valence-electron chi connectivity index (χ0n) is 16.6. The number of nitrogens with zero attached hydrogens (tertiary/aromatic N) is 3. The number of aliphatic imine (C=N–C) groups is 1. The van der Waals surface area contributed by atoms with E-state index in [0.29, 0.717) is 0 Å². The third-order valence-corrected chi connectivity index (χ3v) is 5.81. The molecule has 26 heavy (non-hydrogen) atoms. The molecule has 5 heteroatoms. The van der Waals surface area contributed by atoms with Crippen LogP contribution in [0.4, 0.5) is 0 Å². The van der Waals surface area contributed by atoms with Crippen LogP contribution >= 0.6 is 0 Å². The van der Waals surface area contributed by atoms with E-state index in [9.17, 15) is 0 Å². The van der Waals surface area contributed by atoms with Gasteiger partial charge in [-0.15, -0.1) is 0 Å². The van der Waals surface area contributed by atoms with Crippen LogP contribution in [0.25, 0.3) is 0 Å². The minimum absolute atomic E-state index is 0.115. The highest BCUT2D eigenvalue weighted by Crippen LogP contribution is 2.25. The zero-order valence-corrected chi connectivity index (χ0v) is 16.6. The summed E-state index contributed by atoms with van der Waals surface area (Å²) in [6.07, 6.45) is 5.60. The van der Waals surface area contributed by atoms with Crippen LogP contribution in [0.3, 0.4) is 0 Å². The van der Waals surface area contributed by atoms with Crippen LogP contribution < -0.4 is 5.32 Å². The van der Waals surface area contributed by atoms with Crippen LogP contribution in [-0.2, 0) is 4.74 Å². The van der Waals surface area contributed by atoms with Crippen molar-refractivity contribution in [2.24, 2.45) is 4.99 Å². The minimum atomic E-state index is 0.115. The molecule has 1 aromatic rings. The summed E-state index contributed by atoms with van der Waals surface area (Å²) in [5, 5.41) is 3.56. The van der Waals surface area contributed by atoms with Gasteiger partial charge in [-0.25, -0.2) is 0 Å². The molecule has 5 nitrogen and oxygen atoms in total. The van der Waals surface area contributed by atoms with Crippen molar-refractivity contribution >= 4 is 5.96 Å². The van der Waals surface area contributed by atoms with Crippen LogP contribution in [-0.4, -0.2) is 68.7 Å². The average Bonchev–Trinajstić information content (AvgIpc) is 3.20.